The smallest absolute Gasteiger partial charge is 0.256 e. The summed E-state index contributed by atoms with van der Waals surface area (Å²) in [6.45, 7) is 3.59. The Morgan fingerprint density at radius 3 is 2.60 bits per heavy atom. The molecular weight excluding hydrogens is 279 g/mol. The van der Waals surface area contributed by atoms with Crippen LogP contribution < -0.4 is 5.32 Å². The van der Waals surface area contributed by atoms with E-state index in [9.17, 15) is 9.18 Å². The third kappa shape index (κ3) is 2.96. The minimum absolute atomic E-state index is 0.0827. The van der Waals surface area contributed by atoms with E-state index in [-0.39, 0.29) is 10.6 Å². The van der Waals surface area contributed by atoms with Gasteiger partial charge in [-0.25, -0.2) is 4.39 Å². The van der Waals surface area contributed by atoms with Crippen LogP contribution >= 0.6 is 11.6 Å². The average molecular weight is 293 g/mol. The van der Waals surface area contributed by atoms with E-state index in [1.54, 1.807) is 32.2 Å². The van der Waals surface area contributed by atoms with Gasteiger partial charge in [0.25, 0.3) is 5.91 Å². The lowest BCUT2D eigenvalue weighted by molar-refractivity contribution is 0.0906. The van der Waals surface area contributed by atoms with Crippen molar-refractivity contribution in [2.45, 2.75) is 19.4 Å². The minimum atomic E-state index is -0.732. The number of nitrogens with one attached hydrogen (secondary N) is 1. The van der Waals surface area contributed by atoms with Gasteiger partial charge >= 0.3 is 0 Å². The molecule has 0 aliphatic heterocycles. The predicted octanol–water partition coefficient (Wildman–Crippen LogP) is 3.54. The van der Waals surface area contributed by atoms with Gasteiger partial charge in [0.2, 0.25) is 0 Å². The van der Waals surface area contributed by atoms with Crippen molar-refractivity contribution in [3.05, 3.63) is 64.7 Å². The largest absolute Gasteiger partial charge is 0.341 e. The molecule has 0 radical (unpaired) electrons. The second-order valence-corrected chi connectivity index (χ2v) is 5.30. The lowest BCUT2D eigenvalue weighted by Crippen LogP contribution is -2.42. The topological polar surface area (TPSA) is 42.0 Å². The van der Waals surface area contributed by atoms with Crippen molar-refractivity contribution < 1.29 is 9.18 Å². The zero-order valence-corrected chi connectivity index (χ0v) is 11.9. The summed E-state index contributed by atoms with van der Waals surface area (Å²) in [6.07, 6.45) is 1.64. The molecule has 0 aliphatic rings. The highest BCUT2D eigenvalue weighted by Gasteiger charge is 2.26. The van der Waals surface area contributed by atoms with Gasteiger partial charge in [-0.3, -0.25) is 9.78 Å². The molecule has 0 fully saturated rings. The lowest BCUT2D eigenvalue weighted by atomic mass is 9.99. The van der Waals surface area contributed by atoms with Crippen molar-refractivity contribution in [1.82, 2.24) is 10.3 Å². The van der Waals surface area contributed by atoms with Gasteiger partial charge in [0.05, 0.1) is 21.8 Å². The van der Waals surface area contributed by atoms with E-state index in [1.165, 1.54) is 18.2 Å². The number of rotatable bonds is 3. The number of carbonyl (C=O) groups excluding carboxylic acids is 1. The maximum atomic E-state index is 13.7. The maximum Gasteiger partial charge on any atom is 0.256 e. The molecule has 1 aromatic carbocycles. The van der Waals surface area contributed by atoms with Crippen molar-refractivity contribution in [1.29, 1.82) is 0 Å². The molecule has 3 nitrogen and oxygen atoms in total. The maximum absolute atomic E-state index is 13.7. The minimum Gasteiger partial charge on any atom is -0.341 e. The summed E-state index contributed by atoms with van der Waals surface area (Å²) < 4.78 is 13.7. The summed E-state index contributed by atoms with van der Waals surface area (Å²) in [7, 11) is 0. The summed E-state index contributed by atoms with van der Waals surface area (Å²) in [5, 5.41) is 2.83. The third-order valence-electron chi connectivity index (χ3n) is 2.92. The van der Waals surface area contributed by atoms with Crippen molar-refractivity contribution >= 4 is 17.5 Å². The molecule has 20 heavy (non-hydrogen) atoms. The molecule has 0 spiro atoms. The number of hydrogen-bond acceptors (Lipinski definition) is 2. The monoisotopic (exact) mass is 292 g/mol. The van der Waals surface area contributed by atoms with Crippen LogP contribution in [0.25, 0.3) is 0 Å². The Labute approximate surface area is 121 Å². The van der Waals surface area contributed by atoms with Crippen molar-refractivity contribution in [2.24, 2.45) is 0 Å². The number of benzene rings is 1. The molecule has 2 aromatic rings. The molecule has 1 N–H and O–H groups in total. The van der Waals surface area contributed by atoms with Crippen molar-refractivity contribution in [2.75, 3.05) is 0 Å². The first-order valence-electron chi connectivity index (χ1n) is 6.10. The Kier molecular flexibility index (Phi) is 4.04. The SMILES string of the molecule is CC(C)(NC(=O)c1c(F)cccc1Cl)c1ccccn1. The summed E-state index contributed by atoms with van der Waals surface area (Å²) in [5.74, 6) is -1.21. The Bertz CT molecular complexity index is 609. The lowest BCUT2D eigenvalue weighted by Gasteiger charge is -2.26. The summed E-state index contributed by atoms with van der Waals surface area (Å²) in [5.41, 5.74) is -0.205. The Hall–Kier alpha value is -1.94. The summed E-state index contributed by atoms with van der Waals surface area (Å²) in [6, 6.07) is 9.55. The van der Waals surface area contributed by atoms with Gasteiger partial charge in [-0.05, 0) is 38.1 Å². The van der Waals surface area contributed by atoms with Crippen LogP contribution in [0.5, 0.6) is 0 Å². The normalized spacial score (nSPS) is 11.2. The number of aromatic nitrogens is 1. The molecule has 5 heteroatoms. The molecule has 0 bridgehead atoms. The highest BCUT2D eigenvalue weighted by atomic mass is 35.5. The number of halogens is 2. The van der Waals surface area contributed by atoms with E-state index in [1.807, 2.05) is 6.07 Å². The van der Waals surface area contributed by atoms with Crippen LogP contribution in [-0.2, 0) is 5.54 Å². The first kappa shape index (κ1) is 14.5. The van der Waals surface area contributed by atoms with Gasteiger partial charge in [0.15, 0.2) is 0 Å². The highest BCUT2D eigenvalue weighted by Crippen LogP contribution is 2.22. The Morgan fingerprint density at radius 2 is 2.00 bits per heavy atom. The van der Waals surface area contributed by atoms with Gasteiger partial charge < -0.3 is 5.32 Å². The Balaban J connectivity index is 2.28. The van der Waals surface area contributed by atoms with E-state index in [4.69, 9.17) is 11.6 Å². The van der Waals surface area contributed by atoms with Crippen molar-refractivity contribution in [3.8, 4) is 0 Å². The fraction of sp³-hybridized carbons (Fsp3) is 0.200. The van der Waals surface area contributed by atoms with Crippen LogP contribution in [0.4, 0.5) is 4.39 Å². The van der Waals surface area contributed by atoms with E-state index < -0.39 is 17.3 Å². The highest BCUT2D eigenvalue weighted by molar-refractivity contribution is 6.33. The van der Waals surface area contributed by atoms with Crippen LogP contribution in [0.3, 0.4) is 0 Å². The average Bonchev–Trinajstić information content (AvgIpc) is 2.39. The van der Waals surface area contributed by atoms with Crippen LogP contribution in [0, 0.1) is 5.82 Å². The molecule has 0 unspecified atom stereocenters. The molecule has 0 saturated carbocycles. The first-order chi connectivity index (χ1) is 9.42. The molecule has 1 heterocycles. The number of nitrogens with zero attached hydrogens (tertiary/aromatic N) is 1. The van der Waals surface area contributed by atoms with Gasteiger partial charge in [0.1, 0.15) is 5.82 Å². The van der Waals surface area contributed by atoms with E-state index in [0.29, 0.717) is 5.69 Å². The standard InChI is InChI=1S/C15H14ClFN2O/c1-15(2,12-8-3-4-9-18-12)19-14(20)13-10(16)6-5-7-11(13)17/h3-9H,1-2H3,(H,19,20). The van der Waals surface area contributed by atoms with Crippen LogP contribution in [0.2, 0.25) is 5.02 Å². The van der Waals surface area contributed by atoms with Gasteiger partial charge in [0, 0.05) is 6.20 Å². The van der Waals surface area contributed by atoms with Crippen LogP contribution in [-0.4, -0.2) is 10.9 Å². The number of hydrogen-bond donors (Lipinski definition) is 1. The number of amides is 1. The number of carbonyl (C=O) groups is 1. The van der Waals surface area contributed by atoms with E-state index >= 15 is 0 Å². The van der Waals surface area contributed by atoms with E-state index in [0.717, 1.165) is 0 Å². The molecule has 0 atom stereocenters. The zero-order valence-electron chi connectivity index (χ0n) is 11.2. The Morgan fingerprint density at radius 1 is 1.25 bits per heavy atom. The van der Waals surface area contributed by atoms with Gasteiger partial charge in [-0.15, -0.1) is 0 Å². The summed E-state index contributed by atoms with van der Waals surface area (Å²) in [4.78, 5) is 16.4. The molecule has 0 aliphatic carbocycles. The fourth-order valence-corrected chi connectivity index (χ4v) is 2.11. The number of pyridine rings is 1. The fourth-order valence-electron chi connectivity index (χ4n) is 1.86. The van der Waals surface area contributed by atoms with Gasteiger partial charge in [-0.1, -0.05) is 23.7 Å². The molecule has 1 amide bonds. The van der Waals surface area contributed by atoms with E-state index in [2.05, 4.69) is 10.3 Å². The molecule has 2 rings (SSSR count). The van der Waals surface area contributed by atoms with Gasteiger partial charge in [-0.2, -0.15) is 0 Å². The molecular formula is C15H14ClFN2O. The van der Waals surface area contributed by atoms with Crippen LogP contribution in [0.1, 0.15) is 29.9 Å². The van der Waals surface area contributed by atoms with Crippen LogP contribution in [0.15, 0.2) is 42.6 Å². The molecule has 0 saturated heterocycles. The zero-order chi connectivity index (χ0) is 14.8. The first-order valence-corrected chi connectivity index (χ1v) is 6.47. The van der Waals surface area contributed by atoms with Crippen molar-refractivity contribution in [3.63, 3.8) is 0 Å². The quantitative estimate of drug-likeness (QED) is 0.940. The molecule has 1 aromatic heterocycles. The third-order valence-corrected chi connectivity index (χ3v) is 3.24. The second kappa shape index (κ2) is 5.59. The summed E-state index contributed by atoms with van der Waals surface area (Å²) >= 11 is 5.88. The second-order valence-electron chi connectivity index (χ2n) is 4.89. The molecule has 104 valence electrons. The predicted molar refractivity (Wildman–Crippen MR) is 76.1 cm³/mol.